The first-order valence-corrected chi connectivity index (χ1v) is 8.71. The minimum Gasteiger partial charge on any atom is -0.335 e. The molecule has 0 bridgehead atoms. The van der Waals surface area contributed by atoms with E-state index in [1.165, 1.54) is 6.07 Å². The van der Waals surface area contributed by atoms with Gasteiger partial charge in [0.05, 0.1) is 0 Å². The van der Waals surface area contributed by atoms with Gasteiger partial charge in [0.15, 0.2) is 0 Å². The Morgan fingerprint density at radius 2 is 1.92 bits per heavy atom. The van der Waals surface area contributed by atoms with Crippen LogP contribution >= 0.6 is 0 Å². The molecule has 1 aliphatic heterocycles. The van der Waals surface area contributed by atoms with Gasteiger partial charge in [0.1, 0.15) is 6.04 Å². The summed E-state index contributed by atoms with van der Waals surface area (Å²) in [4.78, 5) is 43.1. The monoisotopic (exact) mass is 353 g/mol. The summed E-state index contributed by atoms with van der Waals surface area (Å²) in [6.45, 7) is 6.95. The van der Waals surface area contributed by atoms with Gasteiger partial charge in [0.25, 0.3) is 5.91 Å². The summed E-state index contributed by atoms with van der Waals surface area (Å²) < 4.78 is 0. The number of hydrogen-bond acceptors (Lipinski definition) is 3. The predicted molar refractivity (Wildman–Crippen MR) is 98.9 cm³/mol. The number of nitrogens with one attached hydrogen (secondary N) is 1. The highest BCUT2D eigenvalue weighted by atomic mass is 16.2. The maximum absolute atomic E-state index is 12.8. The standard InChI is InChI=1S/C20H23N3O3/c1-13-5-4-6-16(9-13)12-22-7-8-23(15(3)19(22)25)20(26)17-10-14(2)21-18(24)11-17/h4-6,9-11,15H,7-8,12H2,1-3H3,(H,21,24)/t15-/m1/s1. The first-order valence-electron chi connectivity index (χ1n) is 8.71. The van der Waals surface area contributed by atoms with Crippen molar-refractivity contribution >= 4 is 11.8 Å². The third-order valence-corrected chi connectivity index (χ3v) is 4.69. The second-order valence-corrected chi connectivity index (χ2v) is 6.84. The number of carbonyl (C=O) groups is 2. The number of amides is 2. The molecule has 2 heterocycles. The quantitative estimate of drug-likeness (QED) is 0.915. The summed E-state index contributed by atoms with van der Waals surface area (Å²) >= 11 is 0. The molecule has 0 unspecified atom stereocenters. The predicted octanol–water partition coefficient (Wildman–Crippen LogP) is 1.86. The van der Waals surface area contributed by atoms with Gasteiger partial charge in [-0.15, -0.1) is 0 Å². The summed E-state index contributed by atoms with van der Waals surface area (Å²) in [5.74, 6) is -0.358. The fraction of sp³-hybridized carbons (Fsp3) is 0.350. The normalized spacial score (nSPS) is 17.5. The number of aryl methyl sites for hydroxylation is 2. The zero-order valence-corrected chi connectivity index (χ0v) is 15.3. The molecule has 1 aromatic heterocycles. The van der Waals surface area contributed by atoms with Crippen molar-refractivity contribution in [2.75, 3.05) is 13.1 Å². The van der Waals surface area contributed by atoms with E-state index < -0.39 is 6.04 Å². The van der Waals surface area contributed by atoms with E-state index in [0.717, 1.165) is 11.1 Å². The third-order valence-electron chi connectivity index (χ3n) is 4.69. The van der Waals surface area contributed by atoms with Gasteiger partial charge >= 0.3 is 0 Å². The molecule has 1 atom stereocenters. The average Bonchev–Trinajstić information content (AvgIpc) is 2.58. The fourth-order valence-corrected chi connectivity index (χ4v) is 3.37. The molecule has 1 fully saturated rings. The maximum Gasteiger partial charge on any atom is 0.254 e. The van der Waals surface area contributed by atoms with Gasteiger partial charge in [-0.1, -0.05) is 29.8 Å². The van der Waals surface area contributed by atoms with Gasteiger partial charge in [0.2, 0.25) is 11.5 Å². The molecule has 1 aliphatic rings. The number of benzene rings is 1. The Kier molecular flexibility index (Phi) is 4.93. The van der Waals surface area contributed by atoms with Crippen molar-refractivity contribution in [1.29, 1.82) is 0 Å². The van der Waals surface area contributed by atoms with Crippen LogP contribution in [-0.2, 0) is 11.3 Å². The third kappa shape index (κ3) is 3.69. The molecule has 0 spiro atoms. The average molecular weight is 353 g/mol. The van der Waals surface area contributed by atoms with E-state index >= 15 is 0 Å². The number of rotatable bonds is 3. The molecular weight excluding hydrogens is 330 g/mol. The van der Waals surface area contributed by atoms with Crippen LogP contribution in [0.5, 0.6) is 0 Å². The molecule has 1 aromatic carbocycles. The number of aromatic amines is 1. The summed E-state index contributed by atoms with van der Waals surface area (Å²) in [5, 5.41) is 0. The van der Waals surface area contributed by atoms with Crippen molar-refractivity contribution in [1.82, 2.24) is 14.8 Å². The maximum atomic E-state index is 12.8. The minimum absolute atomic E-state index is 0.0762. The number of carbonyl (C=O) groups excluding carboxylic acids is 2. The van der Waals surface area contributed by atoms with Crippen molar-refractivity contribution < 1.29 is 9.59 Å². The number of H-pyrrole nitrogens is 1. The Labute approximate surface area is 152 Å². The molecule has 26 heavy (non-hydrogen) atoms. The lowest BCUT2D eigenvalue weighted by molar-refractivity contribution is -0.140. The van der Waals surface area contributed by atoms with Crippen LogP contribution in [0.3, 0.4) is 0 Å². The van der Waals surface area contributed by atoms with E-state index in [1.807, 2.05) is 25.1 Å². The smallest absolute Gasteiger partial charge is 0.254 e. The van der Waals surface area contributed by atoms with Gasteiger partial charge in [-0.25, -0.2) is 0 Å². The number of aromatic nitrogens is 1. The minimum atomic E-state index is -0.555. The molecule has 1 N–H and O–H groups in total. The topological polar surface area (TPSA) is 73.5 Å². The van der Waals surface area contributed by atoms with Crippen LogP contribution < -0.4 is 5.56 Å². The van der Waals surface area contributed by atoms with Crippen LogP contribution in [0.25, 0.3) is 0 Å². The van der Waals surface area contributed by atoms with Gasteiger partial charge in [-0.3, -0.25) is 14.4 Å². The largest absolute Gasteiger partial charge is 0.335 e. The van der Waals surface area contributed by atoms with Gasteiger partial charge in [-0.05, 0) is 32.4 Å². The highest BCUT2D eigenvalue weighted by Gasteiger charge is 2.34. The fourth-order valence-electron chi connectivity index (χ4n) is 3.37. The molecule has 0 saturated carbocycles. The first kappa shape index (κ1) is 17.9. The molecule has 2 aromatic rings. The molecule has 0 aliphatic carbocycles. The van der Waals surface area contributed by atoms with E-state index in [2.05, 4.69) is 11.1 Å². The van der Waals surface area contributed by atoms with Crippen LogP contribution in [-0.4, -0.2) is 45.7 Å². The summed E-state index contributed by atoms with van der Waals surface area (Å²) in [7, 11) is 0. The van der Waals surface area contributed by atoms with E-state index in [-0.39, 0.29) is 17.4 Å². The lowest BCUT2D eigenvalue weighted by atomic mass is 10.1. The van der Waals surface area contributed by atoms with Gasteiger partial charge in [-0.2, -0.15) is 0 Å². The highest BCUT2D eigenvalue weighted by Crippen LogP contribution is 2.17. The summed E-state index contributed by atoms with van der Waals surface area (Å²) in [6.07, 6.45) is 0. The molecule has 0 radical (unpaired) electrons. The zero-order valence-electron chi connectivity index (χ0n) is 15.3. The second-order valence-electron chi connectivity index (χ2n) is 6.84. The number of pyridine rings is 1. The number of piperazine rings is 1. The molecule has 3 rings (SSSR count). The second kappa shape index (κ2) is 7.15. The van der Waals surface area contributed by atoms with E-state index in [0.29, 0.717) is 30.9 Å². The molecule has 2 amide bonds. The van der Waals surface area contributed by atoms with Crippen molar-refractivity contribution in [3.05, 3.63) is 69.1 Å². The van der Waals surface area contributed by atoms with Crippen molar-refractivity contribution in [3.8, 4) is 0 Å². The van der Waals surface area contributed by atoms with E-state index in [9.17, 15) is 14.4 Å². The summed E-state index contributed by atoms with van der Waals surface area (Å²) in [5.41, 5.74) is 2.86. The van der Waals surface area contributed by atoms with Gasteiger partial charge in [0, 0.05) is 37.0 Å². The lowest BCUT2D eigenvalue weighted by Crippen LogP contribution is -2.57. The Morgan fingerprint density at radius 1 is 1.15 bits per heavy atom. The molecule has 6 nitrogen and oxygen atoms in total. The highest BCUT2D eigenvalue weighted by molar-refractivity contribution is 5.98. The van der Waals surface area contributed by atoms with Crippen LogP contribution in [0.1, 0.15) is 34.1 Å². The first-order chi connectivity index (χ1) is 12.3. The number of hydrogen-bond donors (Lipinski definition) is 1. The van der Waals surface area contributed by atoms with Crippen molar-refractivity contribution in [3.63, 3.8) is 0 Å². The van der Waals surface area contributed by atoms with Crippen molar-refractivity contribution in [2.24, 2.45) is 0 Å². The Bertz CT molecular complexity index is 903. The van der Waals surface area contributed by atoms with E-state index in [1.54, 1.807) is 29.7 Å². The van der Waals surface area contributed by atoms with Crippen LogP contribution in [0, 0.1) is 13.8 Å². The SMILES string of the molecule is Cc1cccc(CN2CCN(C(=O)c3cc(C)[nH]c(=O)c3)[C@H](C)C2=O)c1. The molecular formula is C20H23N3O3. The van der Waals surface area contributed by atoms with Crippen LogP contribution in [0.4, 0.5) is 0 Å². The Hall–Kier alpha value is -2.89. The lowest BCUT2D eigenvalue weighted by Gasteiger charge is -2.39. The zero-order chi connectivity index (χ0) is 18.8. The molecule has 6 heteroatoms. The van der Waals surface area contributed by atoms with E-state index in [4.69, 9.17) is 0 Å². The van der Waals surface area contributed by atoms with Crippen LogP contribution in [0.2, 0.25) is 0 Å². The Balaban J connectivity index is 1.75. The van der Waals surface area contributed by atoms with Crippen molar-refractivity contribution in [2.45, 2.75) is 33.4 Å². The van der Waals surface area contributed by atoms with Crippen LogP contribution in [0.15, 0.2) is 41.2 Å². The molecule has 136 valence electrons. The van der Waals surface area contributed by atoms with Gasteiger partial charge < -0.3 is 14.8 Å². The Morgan fingerprint density at radius 3 is 2.62 bits per heavy atom. The number of nitrogens with zero attached hydrogens (tertiary/aromatic N) is 2. The molecule has 1 saturated heterocycles. The summed E-state index contributed by atoms with van der Waals surface area (Å²) in [6, 6.07) is 10.4.